The molecule has 0 rings (SSSR count). The van der Waals surface area contributed by atoms with Crippen LogP contribution in [0.2, 0.25) is 0 Å². The second-order valence-electron chi connectivity index (χ2n) is 4.95. The Morgan fingerprint density at radius 2 is 1.69 bits per heavy atom. The van der Waals surface area contributed by atoms with Gasteiger partial charge in [-0.1, -0.05) is 20.8 Å². The minimum absolute atomic E-state index is 0.200. The van der Waals surface area contributed by atoms with Crippen LogP contribution in [0, 0.1) is 5.41 Å². The molecule has 6 heteroatoms. The zero-order valence-corrected chi connectivity index (χ0v) is 11.8. The van der Waals surface area contributed by atoms with Crippen LogP contribution >= 0.6 is 0 Å². The third kappa shape index (κ3) is 4.37. The van der Waals surface area contributed by atoms with E-state index in [0.717, 1.165) is 6.42 Å². The van der Waals surface area contributed by atoms with E-state index in [9.17, 15) is 8.42 Å². The summed E-state index contributed by atoms with van der Waals surface area (Å²) in [5, 5.41) is 0. The molecule has 0 saturated heterocycles. The lowest BCUT2D eigenvalue weighted by molar-refractivity contribution is 0.278. The highest BCUT2D eigenvalue weighted by Crippen LogP contribution is 2.17. The lowest BCUT2D eigenvalue weighted by Gasteiger charge is -2.31. The van der Waals surface area contributed by atoms with Crippen molar-refractivity contribution in [2.75, 3.05) is 33.7 Å². The minimum atomic E-state index is -3.33. The molecule has 0 fully saturated rings. The van der Waals surface area contributed by atoms with Crippen LogP contribution in [0.1, 0.15) is 27.2 Å². The standard InChI is InChI=1S/C10H25N3O2S/c1-6-7-12(4)16(14,15)13(5)9-10(2,3)8-11/h6-9,11H2,1-5H3. The largest absolute Gasteiger partial charge is 0.330 e. The quantitative estimate of drug-likeness (QED) is 0.716. The Kier molecular flexibility index (Phi) is 5.89. The maximum absolute atomic E-state index is 12.0. The van der Waals surface area contributed by atoms with Gasteiger partial charge in [-0.05, 0) is 18.4 Å². The molecule has 0 aliphatic carbocycles. The third-order valence-corrected chi connectivity index (χ3v) is 4.42. The van der Waals surface area contributed by atoms with E-state index in [2.05, 4.69) is 0 Å². The second kappa shape index (κ2) is 5.95. The molecule has 5 nitrogen and oxygen atoms in total. The van der Waals surface area contributed by atoms with Crippen molar-refractivity contribution >= 4 is 10.2 Å². The van der Waals surface area contributed by atoms with Crippen molar-refractivity contribution < 1.29 is 8.42 Å². The molecular weight excluding hydrogens is 226 g/mol. The molecule has 0 amide bonds. The fraction of sp³-hybridized carbons (Fsp3) is 1.00. The van der Waals surface area contributed by atoms with E-state index in [-0.39, 0.29) is 5.41 Å². The SMILES string of the molecule is CCCN(C)S(=O)(=O)N(C)CC(C)(C)CN. The maximum Gasteiger partial charge on any atom is 0.281 e. The van der Waals surface area contributed by atoms with E-state index in [1.54, 1.807) is 14.1 Å². The highest BCUT2D eigenvalue weighted by Gasteiger charge is 2.28. The Bertz CT molecular complexity index is 301. The molecule has 0 radical (unpaired) electrons. The summed E-state index contributed by atoms with van der Waals surface area (Å²) < 4.78 is 26.8. The Labute approximate surface area is 99.8 Å². The predicted molar refractivity (Wildman–Crippen MR) is 67.3 cm³/mol. The molecular formula is C10H25N3O2S. The summed E-state index contributed by atoms with van der Waals surface area (Å²) in [6, 6.07) is 0. The van der Waals surface area contributed by atoms with E-state index in [0.29, 0.717) is 19.6 Å². The van der Waals surface area contributed by atoms with Crippen LogP contribution in [0.15, 0.2) is 0 Å². The van der Waals surface area contributed by atoms with Gasteiger partial charge < -0.3 is 5.73 Å². The van der Waals surface area contributed by atoms with Gasteiger partial charge in [0.1, 0.15) is 0 Å². The minimum Gasteiger partial charge on any atom is -0.330 e. The first-order chi connectivity index (χ1) is 7.17. The van der Waals surface area contributed by atoms with E-state index in [1.807, 2.05) is 20.8 Å². The molecule has 0 spiro atoms. The molecule has 0 aromatic rings. The van der Waals surface area contributed by atoms with E-state index in [4.69, 9.17) is 5.73 Å². The second-order valence-corrected chi connectivity index (χ2v) is 7.10. The van der Waals surface area contributed by atoms with Gasteiger partial charge in [0.05, 0.1) is 0 Å². The first-order valence-corrected chi connectivity index (χ1v) is 6.94. The van der Waals surface area contributed by atoms with Crippen molar-refractivity contribution in [2.45, 2.75) is 27.2 Å². The monoisotopic (exact) mass is 251 g/mol. The van der Waals surface area contributed by atoms with Gasteiger partial charge in [-0.3, -0.25) is 0 Å². The predicted octanol–water partition coefficient (Wildman–Crippen LogP) is 0.490. The van der Waals surface area contributed by atoms with Crippen LogP contribution in [0.25, 0.3) is 0 Å². The summed E-state index contributed by atoms with van der Waals surface area (Å²) in [5.41, 5.74) is 5.40. The molecule has 2 N–H and O–H groups in total. The third-order valence-electron chi connectivity index (χ3n) is 2.53. The molecule has 98 valence electrons. The molecule has 0 saturated carbocycles. The maximum atomic E-state index is 12.0. The zero-order chi connectivity index (χ0) is 13.0. The van der Waals surface area contributed by atoms with Crippen molar-refractivity contribution in [3.63, 3.8) is 0 Å². The number of hydrogen-bond donors (Lipinski definition) is 1. The molecule has 16 heavy (non-hydrogen) atoms. The molecule has 0 unspecified atom stereocenters. The van der Waals surface area contributed by atoms with E-state index in [1.165, 1.54) is 8.61 Å². The lowest BCUT2D eigenvalue weighted by Crippen LogP contribution is -2.45. The summed E-state index contributed by atoms with van der Waals surface area (Å²) >= 11 is 0. The van der Waals surface area contributed by atoms with Gasteiger partial charge in [0.15, 0.2) is 0 Å². The van der Waals surface area contributed by atoms with Crippen molar-refractivity contribution in [1.29, 1.82) is 0 Å². The number of hydrogen-bond acceptors (Lipinski definition) is 3. The molecule has 0 heterocycles. The Morgan fingerprint density at radius 3 is 2.06 bits per heavy atom. The Balaban J connectivity index is 4.65. The fourth-order valence-electron chi connectivity index (χ4n) is 1.42. The van der Waals surface area contributed by atoms with Crippen molar-refractivity contribution in [2.24, 2.45) is 11.1 Å². The van der Waals surface area contributed by atoms with Gasteiger partial charge in [0.25, 0.3) is 10.2 Å². The summed E-state index contributed by atoms with van der Waals surface area (Å²) in [4.78, 5) is 0. The van der Waals surface area contributed by atoms with Crippen LogP contribution in [0.4, 0.5) is 0 Å². The molecule has 0 aliphatic heterocycles. The number of nitrogens with zero attached hydrogens (tertiary/aromatic N) is 2. The van der Waals surface area contributed by atoms with Gasteiger partial charge >= 0.3 is 0 Å². The zero-order valence-electron chi connectivity index (χ0n) is 11.0. The normalized spacial score (nSPS) is 13.8. The van der Waals surface area contributed by atoms with E-state index >= 15 is 0 Å². The average Bonchev–Trinajstić information content (AvgIpc) is 2.17. The summed E-state index contributed by atoms with van der Waals surface area (Å²) in [5.74, 6) is 0. The summed E-state index contributed by atoms with van der Waals surface area (Å²) in [6.07, 6.45) is 0.809. The van der Waals surface area contributed by atoms with Gasteiger partial charge in [-0.25, -0.2) is 0 Å². The van der Waals surface area contributed by atoms with Gasteiger partial charge in [-0.2, -0.15) is 17.0 Å². The summed E-state index contributed by atoms with van der Waals surface area (Å²) in [6.45, 7) is 7.30. The highest BCUT2D eigenvalue weighted by atomic mass is 32.2. The topological polar surface area (TPSA) is 66.6 Å². The van der Waals surface area contributed by atoms with Crippen molar-refractivity contribution in [3.05, 3.63) is 0 Å². The lowest BCUT2D eigenvalue weighted by atomic mass is 9.94. The molecule has 0 aliphatic rings. The molecule has 0 bridgehead atoms. The van der Waals surface area contributed by atoms with Gasteiger partial charge in [0.2, 0.25) is 0 Å². The molecule has 0 aromatic carbocycles. The molecule has 0 atom stereocenters. The highest BCUT2D eigenvalue weighted by molar-refractivity contribution is 7.86. The fourth-order valence-corrected chi connectivity index (χ4v) is 2.82. The molecule has 0 aromatic heterocycles. The Morgan fingerprint density at radius 1 is 1.19 bits per heavy atom. The van der Waals surface area contributed by atoms with Gasteiger partial charge in [0, 0.05) is 27.2 Å². The van der Waals surface area contributed by atoms with Crippen LogP contribution in [-0.4, -0.2) is 50.8 Å². The first kappa shape index (κ1) is 15.8. The van der Waals surface area contributed by atoms with Crippen molar-refractivity contribution in [1.82, 2.24) is 8.61 Å². The van der Waals surface area contributed by atoms with Crippen LogP contribution in [-0.2, 0) is 10.2 Å². The van der Waals surface area contributed by atoms with Crippen LogP contribution in [0.3, 0.4) is 0 Å². The van der Waals surface area contributed by atoms with E-state index < -0.39 is 10.2 Å². The van der Waals surface area contributed by atoms with Crippen molar-refractivity contribution in [3.8, 4) is 0 Å². The average molecular weight is 251 g/mol. The smallest absolute Gasteiger partial charge is 0.281 e. The number of rotatable bonds is 7. The summed E-state index contributed by atoms with van der Waals surface area (Å²) in [7, 11) is -0.135. The van der Waals surface area contributed by atoms with Crippen LogP contribution in [0.5, 0.6) is 0 Å². The number of nitrogens with two attached hydrogens (primary N) is 1. The Hall–Kier alpha value is -0.170. The van der Waals surface area contributed by atoms with Crippen LogP contribution < -0.4 is 5.73 Å². The van der Waals surface area contributed by atoms with Gasteiger partial charge in [-0.15, -0.1) is 0 Å². The first-order valence-electron chi connectivity index (χ1n) is 5.55.